The lowest BCUT2D eigenvalue weighted by molar-refractivity contribution is -0.142. The lowest BCUT2D eigenvalue weighted by Gasteiger charge is -2.42. The molecular weight excluding hydrogens is 436 g/mol. The van der Waals surface area contributed by atoms with Gasteiger partial charge in [-0.25, -0.2) is 8.78 Å². The molecule has 2 aromatic heterocycles. The van der Waals surface area contributed by atoms with Gasteiger partial charge < -0.3 is 9.80 Å². The number of carbonyl (C=O) groups is 1. The molecule has 2 fully saturated rings. The number of carbonyl (C=O) groups excluding carboxylic acids is 1. The molecule has 3 heterocycles. The Labute approximate surface area is 198 Å². The topological polar surface area (TPSA) is 62.2 Å². The van der Waals surface area contributed by atoms with Gasteiger partial charge in [-0.3, -0.25) is 9.78 Å². The Balaban J connectivity index is 1.36. The molecule has 1 saturated heterocycles. The zero-order chi connectivity index (χ0) is 23.9. The summed E-state index contributed by atoms with van der Waals surface area (Å²) in [6.07, 6.45) is 3.72. The number of nitrogens with zero attached hydrogens (tertiary/aromatic N) is 5. The maximum Gasteiger partial charge on any atom is 0.248 e. The quantitative estimate of drug-likeness (QED) is 0.553. The summed E-state index contributed by atoms with van der Waals surface area (Å²) in [6.45, 7) is 5.82. The highest BCUT2D eigenvalue weighted by molar-refractivity contribution is 5.99. The maximum absolute atomic E-state index is 13.5. The number of fused-ring (bicyclic) bond motifs is 1. The Morgan fingerprint density at radius 2 is 1.76 bits per heavy atom. The van der Waals surface area contributed by atoms with Gasteiger partial charge >= 0.3 is 0 Å². The molecule has 1 atom stereocenters. The van der Waals surface area contributed by atoms with Crippen LogP contribution in [0.4, 0.5) is 14.6 Å². The normalized spacial score (nSPS) is 21.1. The van der Waals surface area contributed by atoms with Crippen LogP contribution >= 0.6 is 0 Å². The third-order valence-corrected chi connectivity index (χ3v) is 7.16. The Hall–Kier alpha value is -3.16. The van der Waals surface area contributed by atoms with Gasteiger partial charge in [0.15, 0.2) is 5.82 Å². The van der Waals surface area contributed by atoms with Crippen molar-refractivity contribution >= 4 is 22.5 Å². The first-order valence-electron chi connectivity index (χ1n) is 11.9. The zero-order valence-electron chi connectivity index (χ0n) is 19.5. The number of pyridine rings is 1. The highest BCUT2D eigenvalue weighted by Gasteiger charge is 2.40. The van der Waals surface area contributed by atoms with Crippen LogP contribution in [0, 0.1) is 12.8 Å². The number of anilines is 1. The van der Waals surface area contributed by atoms with Crippen LogP contribution in [0.25, 0.3) is 22.0 Å². The fraction of sp³-hybridized carbons (Fsp3) is 0.462. The van der Waals surface area contributed by atoms with E-state index in [9.17, 15) is 13.6 Å². The molecule has 1 aliphatic carbocycles. The molecule has 6 nitrogen and oxygen atoms in total. The van der Waals surface area contributed by atoms with Gasteiger partial charge in [0.05, 0.1) is 0 Å². The van der Waals surface area contributed by atoms with Crippen molar-refractivity contribution < 1.29 is 13.6 Å². The molecule has 0 radical (unpaired) electrons. The van der Waals surface area contributed by atoms with E-state index in [2.05, 4.69) is 39.1 Å². The summed E-state index contributed by atoms with van der Waals surface area (Å²) in [5.41, 5.74) is 3.00. The highest BCUT2D eigenvalue weighted by atomic mass is 19.3. The second-order valence-corrected chi connectivity index (χ2v) is 9.62. The summed E-state index contributed by atoms with van der Waals surface area (Å²) < 4.78 is 27.1. The van der Waals surface area contributed by atoms with Crippen molar-refractivity contribution in [1.82, 2.24) is 20.1 Å². The van der Waals surface area contributed by atoms with E-state index in [0.717, 1.165) is 27.8 Å². The van der Waals surface area contributed by atoms with Crippen LogP contribution in [0.15, 0.2) is 42.7 Å². The highest BCUT2D eigenvalue weighted by Crippen LogP contribution is 2.38. The van der Waals surface area contributed by atoms with Crippen molar-refractivity contribution in [3.05, 3.63) is 48.3 Å². The third kappa shape index (κ3) is 4.33. The van der Waals surface area contributed by atoms with E-state index in [-0.39, 0.29) is 43.6 Å². The van der Waals surface area contributed by atoms with E-state index in [1.807, 2.05) is 36.2 Å². The van der Waals surface area contributed by atoms with Crippen molar-refractivity contribution in [2.75, 3.05) is 24.5 Å². The number of rotatable bonds is 3. The third-order valence-electron chi connectivity index (χ3n) is 7.16. The van der Waals surface area contributed by atoms with Gasteiger partial charge in [0.1, 0.15) is 5.69 Å². The Morgan fingerprint density at radius 1 is 1.03 bits per heavy atom. The smallest absolute Gasteiger partial charge is 0.248 e. The van der Waals surface area contributed by atoms with Gasteiger partial charge in [-0.15, -0.1) is 10.2 Å². The minimum absolute atomic E-state index is 0.00924. The molecule has 178 valence electrons. The van der Waals surface area contributed by atoms with Crippen LogP contribution in [-0.2, 0) is 4.79 Å². The molecule has 5 rings (SSSR count). The first kappa shape index (κ1) is 22.6. The van der Waals surface area contributed by atoms with Crippen LogP contribution in [0.3, 0.4) is 0 Å². The average molecular weight is 466 g/mol. The molecule has 1 unspecified atom stereocenters. The molecule has 1 saturated carbocycles. The van der Waals surface area contributed by atoms with E-state index >= 15 is 0 Å². The van der Waals surface area contributed by atoms with Crippen LogP contribution < -0.4 is 4.90 Å². The van der Waals surface area contributed by atoms with Gasteiger partial charge in [0.25, 0.3) is 0 Å². The number of hydrogen-bond donors (Lipinski definition) is 0. The molecule has 3 aromatic rings. The lowest BCUT2D eigenvalue weighted by atomic mass is 9.85. The lowest BCUT2D eigenvalue weighted by Crippen LogP contribution is -2.56. The fourth-order valence-corrected chi connectivity index (χ4v) is 5.14. The summed E-state index contributed by atoms with van der Waals surface area (Å²) in [4.78, 5) is 21.4. The SMILES string of the molecule is Cc1ccc(-c2nnc(N3CCN(C(=O)C4CCC(F)(F)CC4)C(C)C3)c3cnccc23)cc1. The predicted molar refractivity (Wildman–Crippen MR) is 128 cm³/mol. The molecule has 1 aromatic carbocycles. The van der Waals surface area contributed by atoms with Crippen LogP contribution in [0.1, 0.15) is 38.2 Å². The molecule has 34 heavy (non-hydrogen) atoms. The first-order chi connectivity index (χ1) is 16.3. The van der Waals surface area contributed by atoms with Gasteiger partial charge in [0.2, 0.25) is 11.8 Å². The summed E-state index contributed by atoms with van der Waals surface area (Å²) in [7, 11) is 0. The first-order valence-corrected chi connectivity index (χ1v) is 11.9. The number of halogens is 2. The van der Waals surface area contributed by atoms with Crippen LogP contribution in [0.5, 0.6) is 0 Å². The molecule has 1 amide bonds. The van der Waals surface area contributed by atoms with Gasteiger partial charge in [-0.2, -0.15) is 0 Å². The Kier molecular flexibility index (Phi) is 5.91. The molecule has 1 aliphatic heterocycles. The number of alkyl halides is 2. The standard InChI is InChI=1S/C26H29F2N5O/c1-17-3-5-19(6-4-17)23-21-9-12-29-15-22(21)24(31-30-23)32-13-14-33(18(2)16-32)25(34)20-7-10-26(27,28)11-8-20/h3-6,9,12,15,18,20H,7-8,10-11,13-14,16H2,1-2H3. The minimum Gasteiger partial charge on any atom is -0.351 e. The van der Waals surface area contributed by atoms with Crippen molar-refractivity contribution in [2.24, 2.45) is 5.92 Å². The summed E-state index contributed by atoms with van der Waals surface area (Å²) in [5, 5.41) is 11.1. The number of benzene rings is 1. The number of aromatic nitrogens is 3. The van der Waals surface area contributed by atoms with Crippen molar-refractivity contribution in [3.63, 3.8) is 0 Å². The molecular formula is C26H29F2N5O. The molecule has 2 aliphatic rings. The largest absolute Gasteiger partial charge is 0.351 e. The monoisotopic (exact) mass is 465 g/mol. The number of hydrogen-bond acceptors (Lipinski definition) is 5. The molecule has 0 bridgehead atoms. The van der Waals surface area contributed by atoms with E-state index < -0.39 is 5.92 Å². The van der Waals surface area contributed by atoms with Crippen molar-refractivity contribution in [3.8, 4) is 11.3 Å². The van der Waals surface area contributed by atoms with E-state index in [0.29, 0.717) is 19.6 Å². The predicted octanol–water partition coefficient (Wildman–Crippen LogP) is 4.86. The fourth-order valence-electron chi connectivity index (χ4n) is 5.14. The zero-order valence-corrected chi connectivity index (χ0v) is 19.5. The van der Waals surface area contributed by atoms with Gasteiger partial charge in [0, 0.05) is 73.2 Å². The minimum atomic E-state index is -2.63. The van der Waals surface area contributed by atoms with E-state index in [1.165, 1.54) is 5.56 Å². The second-order valence-electron chi connectivity index (χ2n) is 9.62. The number of aryl methyl sites for hydroxylation is 1. The summed E-state index contributed by atoms with van der Waals surface area (Å²) >= 11 is 0. The summed E-state index contributed by atoms with van der Waals surface area (Å²) in [5.74, 6) is -2.16. The average Bonchev–Trinajstić information content (AvgIpc) is 2.83. The number of piperazine rings is 1. The molecule has 0 N–H and O–H groups in total. The Bertz CT molecular complexity index is 1190. The van der Waals surface area contributed by atoms with Crippen molar-refractivity contribution in [1.29, 1.82) is 0 Å². The molecule has 0 spiro atoms. The van der Waals surface area contributed by atoms with Crippen LogP contribution in [0.2, 0.25) is 0 Å². The number of amides is 1. The summed E-state index contributed by atoms with van der Waals surface area (Å²) in [6, 6.07) is 10.1. The van der Waals surface area contributed by atoms with Crippen LogP contribution in [-0.4, -0.2) is 57.6 Å². The van der Waals surface area contributed by atoms with Crippen molar-refractivity contribution in [2.45, 2.75) is 51.5 Å². The van der Waals surface area contributed by atoms with E-state index in [1.54, 1.807) is 6.20 Å². The second kappa shape index (κ2) is 8.89. The van der Waals surface area contributed by atoms with Gasteiger partial charge in [-0.05, 0) is 32.8 Å². The Morgan fingerprint density at radius 3 is 2.47 bits per heavy atom. The molecule has 8 heteroatoms. The van der Waals surface area contributed by atoms with E-state index in [4.69, 9.17) is 0 Å². The maximum atomic E-state index is 13.5. The van der Waals surface area contributed by atoms with Gasteiger partial charge in [-0.1, -0.05) is 29.8 Å².